The van der Waals surface area contributed by atoms with Gasteiger partial charge in [0.05, 0.1) is 36.0 Å². The molecule has 1 amide bonds. The van der Waals surface area contributed by atoms with Crippen LogP contribution in [0.2, 0.25) is 0 Å². The molecule has 0 radical (unpaired) electrons. The molecule has 5 aliphatic heterocycles. The number of phenols is 1. The molecule has 5 heterocycles. The highest BCUT2D eigenvalue weighted by molar-refractivity contribution is 7.99. The Balaban J connectivity index is 1.39. The molecule has 5 unspecified atom stereocenters. The number of thioether (sulfide) groups is 1. The fourth-order valence-electron chi connectivity index (χ4n) is 9.26. The van der Waals surface area contributed by atoms with Crippen molar-refractivity contribution in [1.29, 1.82) is 0 Å². The van der Waals surface area contributed by atoms with E-state index in [0.29, 0.717) is 58.1 Å². The Morgan fingerprint density at radius 1 is 1.18 bits per heavy atom. The number of benzene rings is 2. The largest absolute Gasteiger partial charge is 0.504 e. The van der Waals surface area contributed by atoms with E-state index in [0.717, 1.165) is 11.1 Å². The van der Waals surface area contributed by atoms with Crippen molar-refractivity contribution in [1.82, 2.24) is 15.1 Å². The number of piperazine rings is 1. The summed E-state index contributed by atoms with van der Waals surface area (Å²) in [5.74, 6) is -0.0746. The van der Waals surface area contributed by atoms with Crippen molar-refractivity contribution in [3.63, 3.8) is 0 Å². The van der Waals surface area contributed by atoms with Crippen LogP contribution in [0, 0.1) is 19.8 Å². The molecule has 14 nitrogen and oxygen atoms in total. The maximum Gasteiger partial charge on any atom is 0.329 e. The van der Waals surface area contributed by atoms with E-state index in [4.69, 9.17) is 29.4 Å². The number of nitrogens with two attached hydrogens (primary N) is 1. The fraction of sp³-hybridized carbons (Fsp3) is 0.583. The minimum Gasteiger partial charge on any atom is -0.504 e. The van der Waals surface area contributed by atoms with E-state index in [1.165, 1.54) is 25.8 Å². The molecule has 1 aliphatic carbocycles. The van der Waals surface area contributed by atoms with Crippen molar-refractivity contribution in [2.45, 2.75) is 101 Å². The van der Waals surface area contributed by atoms with E-state index >= 15 is 0 Å². The molecule has 2 aromatic rings. The summed E-state index contributed by atoms with van der Waals surface area (Å²) >= 11 is 1.38. The lowest BCUT2D eigenvalue weighted by Crippen LogP contribution is -2.71. The van der Waals surface area contributed by atoms with Crippen molar-refractivity contribution in [3.8, 4) is 28.7 Å². The van der Waals surface area contributed by atoms with Crippen LogP contribution in [0.5, 0.6) is 28.7 Å². The number of methoxy groups -OCH3 is 1. The summed E-state index contributed by atoms with van der Waals surface area (Å²) in [6.45, 7) is 8.63. The summed E-state index contributed by atoms with van der Waals surface area (Å²) in [4.78, 5) is 44.1. The molecule has 15 heteroatoms. The normalized spacial score (nSPS) is 32.2. The third-order valence-corrected chi connectivity index (χ3v) is 13.1. The van der Waals surface area contributed by atoms with Gasteiger partial charge in [0, 0.05) is 47.4 Å². The Morgan fingerprint density at radius 2 is 1.90 bits per heavy atom. The number of ether oxygens (including phenoxy) is 5. The number of phenolic OH excluding ortho intramolecular Hbond substituents is 1. The minimum absolute atomic E-state index is 0.0310. The van der Waals surface area contributed by atoms with Gasteiger partial charge in [-0.05, 0) is 44.4 Å². The Bertz CT molecular complexity index is 1870. The number of nitrogens with zero attached hydrogens (tertiary/aromatic N) is 2. The number of esters is 2. The zero-order chi connectivity index (χ0) is 36.4. The number of rotatable bonds is 5. The quantitative estimate of drug-likeness (QED) is 0.260. The molecule has 2 aromatic carbocycles. The highest BCUT2D eigenvalue weighted by Gasteiger charge is 2.74. The second kappa shape index (κ2) is 11.9. The molecule has 0 aromatic heterocycles. The van der Waals surface area contributed by atoms with Gasteiger partial charge in [-0.3, -0.25) is 19.4 Å². The summed E-state index contributed by atoms with van der Waals surface area (Å²) in [6, 6.07) is -1.31. The molecule has 6 aliphatic rings. The number of aliphatic hydroxyl groups excluding tert-OH is 1. The fourth-order valence-corrected chi connectivity index (χ4v) is 10.7. The molecular formula is C36H44N4O10S. The number of carbonyl (C=O) groups excluding carboxylic acids is 3. The minimum atomic E-state index is -1.12. The number of likely N-dealkylation sites (N-methyl/N-ethyl adjacent to an activating group) is 1. The number of aliphatic hydroxyl groups is 1. The first kappa shape index (κ1) is 34.3. The van der Waals surface area contributed by atoms with Gasteiger partial charge in [0.25, 0.3) is 0 Å². The van der Waals surface area contributed by atoms with Crippen molar-refractivity contribution in [3.05, 3.63) is 39.4 Å². The number of aromatic hydroxyl groups is 1. The number of carbonyl (C=O) groups is 3. The van der Waals surface area contributed by atoms with E-state index in [2.05, 4.69) is 15.1 Å². The van der Waals surface area contributed by atoms with E-state index in [9.17, 15) is 24.6 Å². The van der Waals surface area contributed by atoms with E-state index < -0.39 is 65.1 Å². The third-order valence-electron chi connectivity index (χ3n) is 11.7. The number of nitrogens with one attached hydrogen (secondary N) is 1. The van der Waals surface area contributed by atoms with Crippen LogP contribution in [0.4, 0.5) is 0 Å². The third kappa shape index (κ3) is 4.74. The predicted molar refractivity (Wildman–Crippen MR) is 184 cm³/mol. The van der Waals surface area contributed by atoms with Gasteiger partial charge in [-0.15, -0.1) is 11.8 Å². The van der Waals surface area contributed by atoms with Crippen molar-refractivity contribution in [2.24, 2.45) is 11.7 Å². The van der Waals surface area contributed by atoms with Crippen molar-refractivity contribution >= 4 is 29.6 Å². The molecule has 5 N–H and O–H groups in total. The van der Waals surface area contributed by atoms with Gasteiger partial charge in [-0.2, -0.15) is 0 Å². The standard InChI is InChI=1S/C36H44N4O10S/c1-13(2)24(37)33(43)38-18-11-51-32-22-23(31-30(47-12-48-31)15(4)29(22)49-16(5)41)36(10-20(36)50-35(18)45)40-26(32)25-21-17(9-19(34(40)44)39(25)6)8-14(3)28(46-7)27(21)42/h8,13,18-20,24-26,32,34,42,44H,9-12,37H2,1-7H3,(H,38,43)/t18?,19-,20?,24?,25+,26?,32+,34-,36?/m0/s1. The van der Waals surface area contributed by atoms with E-state index in [1.54, 1.807) is 0 Å². The van der Waals surface area contributed by atoms with Crippen molar-refractivity contribution in [2.75, 3.05) is 26.7 Å². The second-order valence-corrected chi connectivity index (χ2v) is 16.1. The highest BCUT2D eigenvalue weighted by Crippen LogP contribution is 2.71. The van der Waals surface area contributed by atoms with E-state index in [-0.39, 0.29) is 30.3 Å². The molecule has 1 saturated carbocycles. The highest BCUT2D eigenvalue weighted by atomic mass is 32.2. The maximum atomic E-state index is 13.9. The van der Waals surface area contributed by atoms with Crippen LogP contribution >= 0.6 is 11.8 Å². The first-order valence-corrected chi connectivity index (χ1v) is 18.4. The SMILES string of the molecule is COc1c(C)cc2c(c1O)[C@@H]1C3[C@@H]4SCC(NC(=O)C(N)C(C)C)C(=O)OC5CC5(c5c6c(c(C)c(OC(C)=O)c54)OCO6)N3[C@@H](O)[C@H](C2)N1C. The average molecular weight is 725 g/mol. The number of hydrogen-bond acceptors (Lipinski definition) is 14. The lowest BCUT2D eigenvalue weighted by molar-refractivity contribution is -0.189. The van der Waals surface area contributed by atoms with Crippen LogP contribution in [0.15, 0.2) is 6.07 Å². The zero-order valence-electron chi connectivity index (χ0n) is 29.6. The van der Waals surface area contributed by atoms with Gasteiger partial charge in [0.2, 0.25) is 12.7 Å². The Kier molecular flexibility index (Phi) is 8.00. The van der Waals surface area contributed by atoms with Gasteiger partial charge in [-0.1, -0.05) is 19.9 Å². The van der Waals surface area contributed by atoms with Crippen molar-refractivity contribution < 1.29 is 48.3 Å². The molecule has 3 fully saturated rings. The predicted octanol–water partition coefficient (Wildman–Crippen LogP) is 2.05. The number of amides is 1. The molecular weight excluding hydrogens is 680 g/mol. The zero-order valence-corrected chi connectivity index (χ0v) is 30.5. The number of hydrogen-bond donors (Lipinski definition) is 4. The van der Waals surface area contributed by atoms with Crippen LogP contribution in [0.1, 0.15) is 71.9 Å². The topological polar surface area (TPSA) is 182 Å². The van der Waals surface area contributed by atoms with Crippen LogP contribution < -0.4 is 30.0 Å². The van der Waals surface area contributed by atoms with Gasteiger partial charge in [0.15, 0.2) is 23.0 Å². The van der Waals surface area contributed by atoms with Crippen LogP contribution in [-0.4, -0.2) is 101 Å². The Hall–Kier alpha value is -3.76. The van der Waals surface area contributed by atoms with Gasteiger partial charge >= 0.3 is 11.9 Å². The lowest BCUT2D eigenvalue weighted by Gasteiger charge is -2.62. The molecule has 9 atom stereocenters. The molecule has 1 spiro atoms. The number of aryl methyl sites for hydroxylation is 1. The molecule has 51 heavy (non-hydrogen) atoms. The lowest BCUT2D eigenvalue weighted by atomic mass is 9.72. The van der Waals surface area contributed by atoms with Gasteiger partial charge in [0.1, 0.15) is 24.1 Å². The first-order valence-electron chi connectivity index (χ1n) is 17.3. The first-order chi connectivity index (χ1) is 24.2. The molecule has 4 bridgehead atoms. The smallest absolute Gasteiger partial charge is 0.329 e. The van der Waals surface area contributed by atoms with Crippen LogP contribution in [0.25, 0.3) is 0 Å². The summed E-state index contributed by atoms with van der Waals surface area (Å²) < 4.78 is 30.2. The van der Waals surface area contributed by atoms with Gasteiger partial charge < -0.3 is 44.9 Å². The summed E-state index contributed by atoms with van der Waals surface area (Å²) in [7, 11) is 3.47. The molecule has 8 rings (SSSR count). The summed E-state index contributed by atoms with van der Waals surface area (Å²) in [5, 5.41) is 26.7. The average Bonchev–Trinajstić information content (AvgIpc) is 3.52. The van der Waals surface area contributed by atoms with Crippen LogP contribution in [-0.2, 0) is 31.1 Å². The van der Waals surface area contributed by atoms with E-state index in [1.807, 2.05) is 40.8 Å². The maximum absolute atomic E-state index is 13.9. The Labute approximate surface area is 299 Å². The van der Waals surface area contributed by atoms with Gasteiger partial charge in [-0.25, -0.2) is 4.79 Å². The number of fused-ring (bicyclic) bond motifs is 8. The monoisotopic (exact) mass is 724 g/mol. The summed E-state index contributed by atoms with van der Waals surface area (Å²) in [5.41, 5.74) is 9.35. The Morgan fingerprint density at radius 3 is 2.59 bits per heavy atom. The molecule has 274 valence electrons. The molecule has 2 saturated heterocycles. The van der Waals surface area contributed by atoms with Crippen LogP contribution in [0.3, 0.4) is 0 Å². The summed E-state index contributed by atoms with van der Waals surface area (Å²) in [6.07, 6.45) is -1.07. The second-order valence-electron chi connectivity index (χ2n) is 14.9.